The summed E-state index contributed by atoms with van der Waals surface area (Å²) in [5, 5.41) is 0.556. The zero-order chi connectivity index (χ0) is 14.1. The van der Waals surface area contributed by atoms with Gasteiger partial charge in [0.2, 0.25) is 0 Å². The van der Waals surface area contributed by atoms with Crippen LogP contribution in [0.4, 0.5) is 0 Å². The van der Waals surface area contributed by atoms with Gasteiger partial charge in [0.1, 0.15) is 6.10 Å². The molecule has 0 aliphatic carbocycles. The summed E-state index contributed by atoms with van der Waals surface area (Å²) < 4.78 is 10.8. The van der Waals surface area contributed by atoms with Crippen LogP contribution in [-0.2, 0) is 9.47 Å². The molecule has 0 aliphatic rings. The van der Waals surface area contributed by atoms with Crippen LogP contribution in [-0.4, -0.2) is 31.7 Å². The lowest BCUT2D eigenvalue weighted by Gasteiger charge is -2.12. The second-order valence-electron chi connectivity index (χ2n) is 4.35. The van der Waals surface area contributed by atoms with Gasteiger partial charge in [-0.2, -0.15) is 0 Å². The van der Waals surface area contributed by atoms with Gasteiger partial charge in [-0.25, -0.2) is 0 Å². The van der Waals surface area contributed by atoms with Gasteiger partial charge < -0.3 is 9.47 Å². The quantitative estimate of drug-likeness (QED) is 0.512. The topological polar surface area (TPSA) is 35.5 Å². The molecular weight excluding hydrogens is 264 g/mol. The van der Waals surface area contributed by atoms with Gasteiger partial charge in [0.15, 0.2) is 5.78 Å². The molecule has 1 unspecified atom stereocenters. The minimum atomic E-state index is -0.478. The fourth-order valence-corrected chi connectivity index (χ4v) is 1.77. The average Bonchev–Trinajstić information content (AvgIpc) is 2.41. The molecule has 0 heterocycles. The number of carbonyl (C=O) groups excluding carboxylic acids is 1. The van der Waals surface area contributed by atoms with Crippen LogP contribution in [0, 0.1) is 0 Å². The highest BCUT2D eigenvalue weighted by Gasteiger charge is 2.15. The lowest BCUT2D eigenvalue weighted by Crippen LogP contribution is -2.23. The zero-order valence-electron chi connectivity index (χ0n) is 11.5. The number of hydrogen-bond acceptors (Lipinski definition) is 3. The van der Waals surface area contributed by atoms with E-state index in [4.69, 9.17) is 21.1 Å². The zero-order valence-corrected chi connectivity index (χ0v) is 12.3. The summed E-state index contributed by atoms with van der Waals surface area (Å²) in [5.74, 6) is -0.0592. The van der Waals surface area contributed by atoms with Crippen molar-refractivity contribution in [2.24, 2.45) is 0 Å². The third-order valence-electron chi connectivity index (χ3n) is 2.72. The molecule has 0 fully saturated rings. The number of Topliss-reactive ketones (excluding diaryl/α,β-unsaturated/α-hetero) is 1. The lowest BCUT2D eigenvalue weighted by atomic mass is 10.1. The minimum Gasteiger partial charge on any atom is -0.379 e. The Morgan fingerprint density at radius 3 is 2.79 bits per heavy atom. The molecule has 0 N–H and O–H groups in total. The molecule has 0 aromatic heterocycles. The van der Waals surface area contributed by atoms with E-state index >= 15 is 0 Å². The van der Waals surface area contributed by atoms with E-state index in [2.05, 4.69) is 6.92 Å². The maximum absolute atomic E-state index is 12.0. The fourth-order valence-electron chi connectivity index (χ4n) is 1.58. The molecule has 1 rings (SSSR count). The molecule has 0 amide bonds. The third-order valence-corrected chi connectivity index (χ3v) is 2.95. The Morgan fingerprint density at radius 1 is 1.32 bits per heavy atom. The Bertz CT molecular complexity index is 393. The molecule has 0 saturated heterocycles. The molecule has 0 saturated carbocycles. The Kier molecular flexibility index (Phi) is 7.72. The first-order valence-corrected chi connectivity index (χ1v) is 7.02. The number of ketones is 1. The van der Waals surface area contributed by atoms with Gasteiger partial charge in [0.25, 0.3) is 0 Å². The summed E-state index contributed by atoms with van der Waals surface area (Å²) in [5.41, 5.74) is 0.576. The van der Waals surface area contributed by atoms with Crippen molar-refractivity contribution in [2.45, 2.75) is 32.8 Å². The SMILES string of the molecule is CCCCOCCOC(C)C(=O)c1cccc(Cl)c1. The summed E-state index contributed by atoms with van der Waals surface area (Å²) >= 11 is 5.86. The molecule has 0 spiro atoms. The van der Waals surface area contributed by atoms with Crippen molar-refractivity contribution in [2.75, 3.05) is 19.8 Å². The predicted octanol–water partition coefficient (Wildman–Crippen LogP) is 3.74. The van der Waals surface area contributed by atoms with Crippen molar-refractivity contribution in [3.63, 3.8) is 0 Å². The highest BCUT2D eigenvalue weighted by Crippen LogP contribution is 2.13. The van der Waals surface area contributed by atoms with E-state index in [-0.39, 0.29) is 5.78 Å². The number of hydrogen-bond donors (Lipinski definition) is 0. The first kappa shape index (κ1) is 16.2. The number of halogens is 1. The predicted molar refractivity (Wildman–Crippen MR) is 76.9 cm³/mol. The van der Waals surface area contributed by atoms with Crippen molar-refractivity contribution in [3.05, 3.63) is 34.9 Å². The molecular formula is C15H21ClO3. The minimum absolute atomic E-state index is 0.0592. The standard InChI is InChI=1S/C15H21ClO3/c1-3-4-8-18-9-10-19-12(2)15(17)13-6-5-7-14(16)11-13/h5-7,11-12H,3-4,8-10H2,1-2H3. The Labute approximate surface area is 119 Å². The molecule has 0 aliphatic heterocycles. The number of ether oxygens (including phenoxy) is 2. The monoisotopic (exact) mass is 284 g/mol. The van der Waals surface area contributed by atoms with Crippen LogP contribution in [0.1, 0.15) is 37.0 Å². The fraction of sp³-hybridized carbons (Fsp3) is 0.533. The largest absolute Gasteiger partial charge is 0.379 e. The van der Waals surface area contributed by atoms with Crippen LogP contribution in [0.3, 0.4) is 0 Å². The molecule has 4 heteroatoms. The van der Waals surface area contributed by atoms with E-state index < -0.39 is 6.10 Å². The van der Waals surface area contributed by atoms with Crippen molar-refractivity contribution in [3.8, 4) is 0 Å². The van der Waals surface area contributed by atoms with Gasteiger partial charge in [0, 0.05) is 17.2 Å². The maximum atomic E-state index is 12.0. The van der Waals surface area contributed by atoms with Crippen molar-refractivity contribution in [1.29, 1.82) is 0 Å². The number of unbranched alkanes of at least 4 members (excludes halogenated alkanes) is 1. The average molecular weight is 285 g/mol. The van der Waals surface area contributed by atoms with Gasteiger partial charge in [-0.1, -0.05) is 37.1 Å². The molecule has 3 nitrogen and oxygen atoms in total. The molecule has 19 heavy (non-hydrogen) atoms. The van der Waals surface area contributed by atoms with Crippen LogP contribution in [0.25, 0.3) is 0 Å². The molecule has 1 aromatic rings. The van der Waals surface area contributed by atoms with Crippen molar-refractivity contribution in [1.82, 2.24) is 0 Å². The second kappa shape index (κ2) is 9.08. The summed E-state index contributed by atoms with van der Waals surface area (Å²) in [6.07, 6.45) is 1.69. The lowest BCUT2D eigenvalue weighted by molar-refractivity contribution is 0.0144. The van der Waals surface area contributed by atoms with Crippen LogP contribution in [0.2, 0.25) is 5.02 Å². The summed E-state index contributed by atoms with van der Waals surface area (Å²) in [4.78, 5) is 12.0. The molecule has 1 atom stereocenters. The number of benzene rings is 1. The van der Waals surface area contributed by atoms with Crippen LogP contribution in [0.15, 0.2) is 24.3 Å². The molecule has 106 valence electrons. The van der Waals surface area contributed by atoms with Crippen LogP contribution < -0.4 is 0 Å². The Morgan fingerprint density at radius 2 is 2.11 bits per heavy atom. The van der Waals surface area contributed by atoms with Crippen LogP contribution in [0.5, 0.6) is 0 Å². The van der Waals surface area contributed by atoms with E-state index in [0.29, 0.717) is 23.8 Å². The first-order chi connectivity index (χ1) is 9.15. The number of carbonyl (C=O) groups is 1. The van der Waals surface area contributed by atoms with Gasteiger partial charge in [-0.15, -0.1) is 0 Å². The van der Waals surface area contributed by atoms with E-state index in [1.807, 2.05) is 0 Å². The Balaban J connectivity index is 2.29. The maximum Gasteiger partial charge on any atom is 0.191 e. The summed E-state index contributed by atoms with van der Waals surface area (Å²) in [6.45, 7) is 5.56. The van der Waals surface area contributed by atoms with E-state index in [1.165, 1.54) is 0 Å². The highest BCUT2D eigenvalue weighted by molar-refractivity contribution is 6.31. The van der Waals surface area contributed by atoms with Crippen LogP contribution >= 0.6 is 11.6 Å². The first-order valence-electron chi connectivity index (χ1n) is 6.64. The third kappa shape index (κ3) is 6.19. The molecule has 0 bridgehead atoms. The second-order valence-corrected chi connectivity index (χ2v) is 4.79. The van der Waals surface area contributed by atoms with Gasteiger partial charge >= 0.3 is 0 Å². The highest BCUT2D eigenvalue weighted by atomic mass is 35.5. The molecule has 0 radical (unpaired) electrons. The summed E-state index contributed by atoms with van der Waals surface area (Å²) in [6, 6.07) is 6.90. The van der Waals surface area contributed by atoms with Gasteiger partial charge in [-0.3, -0.25) is 4.79 Å². The van der Waals surface area contributed by atoms with Gasteiger partial charge in [0.05, 0.1) is 13.2 Å². The van der Waals surface area contributed by atoms with E-state index in [1.54, 1.807) is 31.2 Å². The number of rotatable bonds is 9. The van der Waals surface area contributed by atoms with Gasteiger partial charge in [-0.05, 0) is 25.5 Å². The Hall–Kier alpha value is -0.900. The normalized spacial score (nSPS) is 12.4. The van der Waals surface area contributed by atoms with Crippen molar-refractivity contribution >= 4 is 17.4 Å². The van der Waals surface area contributed by atoms with Crippen molar-refractivity contribution < 1.29 is 14.3 Å². The summed E-state index contributed by atoms with van der Waals surface area (Å²) in [7, 11) is 0. The van der Waals surface area contributed by atoms with E-state index in [9.17, 15) is 4.79 Å². The van der Waals surface area contributed by atoms with E-state index in [0.717, 1.165) is 19.4 Å². The molecule has 1 aromatic carbocycles. The smallest absolute Gasteiger partial charge is 0.191 e.